The van der Waals surface area contributed by atoms with Gasteiger partial charge in [0, 0.05) is 13.7 Å². The van der Waals surface area contributed by atoms with Crippen molar-refractivity contribution in [1.82, 2.24) is 0 Å². The summed E-state index contributed by atoms with van der Waals surface area (Å²) in [6, 6.07) is 7.02. The Labute approximate surface area is 135 Å². The monoisotopic (exact) mass is 305 g/mol. The van der Waals surface area contributed by atoms with E-state index in [-0.39, 0.29) is 0 Å². The molecular weight excluding hydrogens is 274 g/mol. The van der Waals surface area contributed by atoms with Crippen molar-refractivity contribution in [2.24, 2.45) is 11.7 Å². The first kappa shape index (κ1) is 17.5. The molecule has 0 bridgehead atoms. The molecule has 0 aliphatic heterocycles. The Balaban J connectivity index is 1.93. The van der Waals surface area contributed by atoms with E-state index in [1.807, 2.05) is 0 Å². The second-order valence-electron chi connectivity index (χ2n) is 6.43. The third-order valence-corrected chi connectivity index (χ3v) is 4.74. The van der Waals surface area contributed by atoms with Gasteiger partial charge in [0.15, 0.2) is 0 Å². The van der Waals surface area contributed by atoms with E-state index in [1.54, 1.807) is 7.11 Å². The van der Waals surface area contributed by atoms with Crippen LogP contribution in [0, 0.1) is 5.92 Å². The summed E-state index contributed by atoms with van der Waals surface area (Å²) in [6.07, 6.45) is 5.92. The highest BCUT2D eigenvalue weighted by Gasteiger charge is 2.20. The number of ether oxygens (including phenoxy) is 2. The minimum atomic E-state index is 0.519. The van der Waals surface area contributed by atoms with Gasteiger partial charge in [-0.1, -0.05) is 31.5 Å². The molecular formula is C19H31NO2. The lowest BCUT2D eigenvalue weighted by atomic mass is 9.82. The van der Waals surface area contributed by atoms with Gasteiger partial charge in [0.05, 0.1) is 13.2 Å². The van der Waals surface area contributed by atoms with Gasteiger partial charge in [-0.25, -0.2) is 0 Å². The lowest BCUT2D eigenvalue weighted by molar-refractivity contribution is 0.0487. The van der Waals surface area contributed by atoms with Gasteiger partial charge in [0.2, 0.25) is 0 Å². The molecule has 0 amide bonds. The minimum Gasteiger partial charge on any atom is -0.382 e. The maximum absolute atomic E-state index is 5.94. The summed E-state index contributed by atoms with van der Waals surface area (Å²) in [6.45, 7) is 5.22. The van der Waals surface area contributed by atoms with E-state index in [0.717, 1.165) is 19.6 Å². The number of methoxy groups -OCH3 is 1. The second kappa shape index (κ2) is 9.29. The number of nitrogens with two attached hydrogens (primary N) is 1. The molecule has 1 aliphatic carbocycles. The van der Waals surface area contributed by atoms with E-state index in [4.69, 9.17) is 15.2 Å². The maximum atomic E-state index is 5.94. The molecule has 124 valence electrons. The molecule has 22 heavy (non-hydrogen) atoms. The van der Waals surface area contributed by atoms with Crippen molar-refractivity contribution >= 4 is 0 Å². The highest BCUT2D eigenvalue weighted by Crippen LogP contribution is 2.29. The summed E-state index contributed by atoms with van der Waals surface area (Å²) in [4.78, 5) is 0. The molecule has 1 aliphatic rings. The molecule has 2 unspecified atom stereocenters. The minimum absolute atomic E-state index is 0.519. The zero-order valence-electron chi connectivity index (χ0n) is 14.1. The van der Waals surface area contributed by atoms with Crippen molar-refractivity contribution in [3.8, 4) is 0 Å². The molecule has 0 radical (unpaired) electrons. The summed E-state index contributed by atoms with van der Waals surface area (Å²) in [5.41, 5.74) is 10.4. The first-order valence-electron chi connectivity index (χ1n) is 8.66. The average Bonchev–Trinajstić information content (AvgIpc) is 2.56. The summed E-state index contributed by atoms with van der Waals surface area (Å²) in [7, 11) is 1.71. The molecule has 2 N–H and O–H groups in total. The molecule has 0 aromatic heterocycles. The second-order valence-corrected chi connectivity index (χ2v) is 6.43. The molecule has 1 aromatic carbocycles. The normalized spacial score (nSPS) is 19.0. The van der Waals surface area contributed by atoms with Crippen molar-refractivity contribution < 1.29 is 9.47 Å². The van der Waals surface area contributed by atoms with Crippen LogP contribution in [0.1, 0.15) is 48.8 Å². The fraction of sp³-hybridized carbons (Fsp3) is 0.684. The predicted octanol–water partition coefficient (Wildman–Crippen LogP) is 3.30. The van der Waals surface area contributed by atoms with Crippen LogP contribution >= 0.6 is 0 Å². The van der Waals surface area contributed by atoms with Gasteiger partial charge in [-0.2, -0.15) is 0 Å². The van der Waals surface area contributed by atoms with E-state index in [1.165, 1.54) is 42.4 Å². The van der Waals surface area contributed by atoms with Crippen molar-refractivity contribution in [1.29, 1.82) is 0 Å². The van der Waals surface area contributed by atoms with Crippen LogP contribution in [0.15, 0.2) is 18.2 Å². The van der Waals surface area contributed by atoms with Gasteiger partial charge in [0.25, 0.3) is 0 Å². The first-order valence-corrected chi connectivity index (χ1v) is 8.66. The summed E-state index contributed by atoms with van der Waals surface area (Å²) >= 11 is 0. The number of hydrogen-bond acceptors (Lipinski definition) is 3. The Morgan fingerprint density at radius 3 is 2.86 bits per heavy atom. The Morgan fingerprint density at radius 2 is 2.14 bits per heavy atom. The molecule has 1 aromatic rings. The molecule has 0 saturated carbocycles. The van der Waals surface area contributed by atoms with Gasteiger partial charge in [-0.05, 0) is 60.8 Å². The molecule has 0 heterocycles. The standard InChI is InChI=1S/C19H31NO2/c1-3-4-19(13-20)18-8-7-16-11-15(5-6-17(16)12-18)14-22-10-9-21-2/h7-8,12,15,19H,3-6,9-11,13-14,20H2,1-2H3. The Bertz CT molecular complexity index is 447. The quantitative estimate of drug-likeness (QED) is 0.712. The fourth-order valence-corrected chi connectivity index (χ4v) is 3.41. The van der Waals surface area contributed by atoms with E-state index in [2.05, 4.69) is 25.1 Å². The van der Waals surface area contributed by atoms with E-state index in [0.29, 0.717) is 25.0 Å². The van der Waals surface area contributed by atoms with Crippen LogP contribution in [0.5, 0.6) is 0 Å². The number of benzene rings is 1. The Hall–Kier alpha value is -0.900. The zero-order chi connectivity index (χ0) is 15.8. The van der Waals surface area contributed by atoms with Crippen molar-refractivity contribution in [3.63, 3.8) is 0 Å². The van der Waals surface area contributed by atoms with Crippen molar-refractivity contribution in [2.75, 3.05) is 33.5 Å². The van der Waals surface area contributed by atoms with E-state index in [9.17, 15) is 0 Å². The highest BCUT2D eigenvalue weighted by molar-refractivity contribution is 5.36. The zero-order valence-corrected chi connectivity index (χ0v) is 14.1. The molecule has 0 spiro atoms. The number of aryl methyl sites for hydroxylation is 1. The third kappa shape index (κ3) is 4.80. The number of hydrogen-bond donors (Lipinski definition) is 1. The highest BCUT2D eigenvalue weighted by atomic mass is 16.5. The Morgan fingerprint density at radius 1 is 1.27 bits per heavy atom. The van der Waals surface area contributed by atoms with Gasteiger partial charge in [-0.3, -0.25) is 0 Å². The van der Waals surface area contributed by atoms with Gasteiger partial charge in [-0.15, -0.1) is 0 Å². The summed E-state index contributed by atoms with van der Waals surface area (Å²) in [5.74, 6) is 1.17. The van der Waals surface area contributed by atoms with Gasteiger partial charge < -0.3 is 15.2 Å². The van der Waals surface area contributed by atoms with Gasteiger partial charge >= 0.3 is 0 Å². The van der Waals surface area contributed by atoms with Crippen LogP contribution in [-0.2, 0) is 22.3 Å². The first-order chi connectivity index (χ1) is 10.8. The van der Waals surface area contributed by atoms with Crippen LogP contribution < -0.4 is 5.73 Å². The van der Waals surface area contributed by atoms with Crippen LogP contribution in [0.3, 0.4) is 0 Å². The smallest absolute Gasteiger partial charge is 0.0700 e. The number of rotatable bonds is 9. The summed E-state index contributed by atoms with van der Waals surface area (Å²) in [5, 5.41) is 0. The topological polar surface area (TPSA) is 44.5 Å². The number of fused-ring (bicyclic) bond motifs is 1. The van der Waals surface area contributed by atoms with Crippen molar-refractivity contribution in [3.05, 3.63) is 34.9 Å². The van der Waals surface area contributed by atoms with Crippen LogP contribution in [0.2, 0.25) is 0 Å². The molecule has 0 saturated heterocycles. The van der Waals surface area contributed by atoms with Gasteiger partial charge in [0.1, 0.15) is 0 Å². The molecule has 2 atom stereocenters. The third-order valence-electron chi connectivity index (χ3n) is 4.74. The lowest BCUT2D eigenvalue weighted by Gasteiger charge is -2.26. The van der Waals surface area contributed by atoms with E-state index < -0.39 is 0 Å². The molecule has 3 nitrogen and oxygen atoms in total. The van der Waals surface area contributed by atoms with Crippen LogP contribution in [-0.4, -0.2) is 33.5 Å². The van der Waals surface area contributed by atoms with Crippen molar-refractivity contribution in [2.45, 2.75) is 44.9 Å². The molecule has 3 heteroatoms. The predicted molar refractivity (Wildman–Crippen MR) is 91.4 cm³/mol. The van der Waals surface area contributed by atoms with Crippen LogP contribution in [0.4, 0.5) is 0 Å². The van der Waals surface area contributed by atoms with E-state index >= 15 is 0 Å². The largest absolute Gasteiger partial charge is 0.382 e. The SMILES string of the molecule is CCCC(CN)c1ccc2c(c1)CCC(COCCOC)C2. The van der Waals surface area contributed by atoms with Crippen LogP contribution in [0.25, 0.3) is 0 Å². The lowest BCUT2D eigenvalue weighted by Crippen LogP contribution is -2.21. The molecule has 2 rings (SSSR count). The molecule has 0 fully saturated rings. The fourth-order valence-electron chi connectivity index (χ4n) is 3.41. The maximum Gasteiger partial charge on any atom is 0.0700 e. The average molecular weight is 305 g/mol. The Kier molecular flexibility index (Phi) is 7.37. The summed E-state index contributed by atoms with van der Waals surface area (Å²) < 4.78 is 10.7.